The molecule has 0 bridgehead atoms. The molecule has 0 atom stereocenters. The Hall–Kier alpha value is -3.28. The fourth-order valence-electron chi connectivity index (χ4n) is 2.89. The second-order valence-corrected chi connectivity index (χ2v) is 5.96. The SMILES string of the molecule is Cc1cccc(-c2c(NC(=O)c3ccc4c(c3)OCO4)n[nH]c2C)c1. The molecule has 0 spiro atoms. The van der Waals surface area contributed by atoms with E-state index in [1.165, 1.54) is 0 Å². The maximum Gasteiger partial charge on any atom is 0.257 e. The highest BCUT2D eigenvalue weighted by molar-refractivity contribution is 6.06. The summed E-state index contributed by atoms with van der Waals surface area (Å²) in [5, 5.41) is 10.1. The number of ether oxygens (including phenoxy) is 2. The van der Waals surface area contributed by atoms with Crippen LogP contribution >= 0.6 is 0 Å². The number of aromatic nitrogens is 2. The van der Waals surface area contributed by atoms with Gasteiger partial charge in [-0.2, -0.15) is 5.10 Å². The number of carbonyl (C=O) groups is 1. The van der Waals surface area contributed by atoms with Gasteiger partial charge in [0.05, 0.1) is 0 Å². The van der Waals surface area contributed by atoms with Gasteiger partial charge >= 0.3 is 0 Å². The molecule has 2 N–H and O–H groups in total. The average molecular weight is 335 g/mol. The number of aromatic amines is 1. The predicted octanol–water partition coefficient (Wildman–Crippen LogP) is 3.67. The Morgan fingerprint density at radius 2 is 1.96 bits per heavy atom. The molecular formula is C19H17N3O3. The monoisotopic (exact) mass is 335 g/mol. The van der Waals surface area contributed by atoms with Gasteiger partial charge in [0.15, 0.2) is 17.3 Å². The molecule has 0 saturated carbocycles. The Morgan fingerprint density at radius 1 is 1.12 bits per heavy atom. The van der Waals surface area contributed by atoms with Crippen LogP contribution in [0.1, 0.15) is 21.6 Å². The number of aryl methyl sites for hydroxylation is 2. The van der Waals surface area contributed by atoms with Crippen LogP contribution in [0.2, 0.25) is 0 Å². The van der Waals surface area contributed by atoms with Gasteiger partial charge in [0.1, 0.15) is 0 Å². The van der Waals surface area contributed by atoms with Crippen molar-refractivity contribution in [2.45, 2.75) is 13.8 Å². The summed E-state index contributed by atoms with van der Waals surface area (Å²) in [5.41, 5.74) is 4.42. The summed E-state index contributed by atoms with van der Waals surface area (Å²) in [6, 6.07) is 13.2. The summed E-state index contributed by atoms with van der Waals surface area (Å²) in [7, 11) is 0. The summed E-state index contributed by atoms with van der Waals surface area (Å²) in [5.74, 6) is 1.47. The van der Waals surface area contributed by atoms with Crippen molar-refractivity contribution in [3.63, 3.8) is 0 Å². The van der Waals surface area contributed by atoms with Crippen molar-refractivity contribution in [1.29, 1.82) is 0 Å². The lowest BCUT2D eigenvalue weighted by molar-refractivity contribution is 0.102. The molecule has 6 nitrogen and oxygen atoms in total. The first kappa shape index (κ1) is 15.3. The molecule has 1 aromatic heterocycles. The van der Waals surface area contributed by atoms with Crippen LogP contribution < -0.4 is 14.8 Å². The van der Waals surface area contributed by atoms with Crippen LogP contribution in [0.15, 0.2) is 42.5 Å². The van der Waals surface area contributed by atoms with Crippen LogP contribution in [-0.2, 0) is 0 Å². The number of amides is 1. The van der Waals surface area contributed by atoms with Gasteiger partial charge in [-0.25, -0.2) is 0 Å². The zero-order valence-corrected chi connectivity index (χ0v) is 13.9. The molecular weight excluding hydrogens is 318 g/mol. The Morgan fingerprint density at radius 3 is 2.80 bits per heavy atom. The fraction of sp³-hybridized carbons (Fsp3) is 0.158. The lowest BCUT2D eigenvalue weighted by Gasteiger charge is -2.08. The maximum absolute atomic E-state index is 12.6. The van der Waals surface area contributed by atoms with Gasteiger partial charge in [-0.3, -0.25) is 9.89 Å². The van der Waals surface area contributed by atoms with E-state index in [-0.39, 0.29) is 12.7 Å². The molecule has 2 heterocycles. The van der Waals surface area contributed by atoms with Crippen molar-refractivity contribution >= 4 is 11.7 Å². The van der Waals surface area contributed by atoms with Gasteiger partial charge in [0.25, 0.3) is 5.91 Å². The molecule has 0 fully saturated rings. The number of carbonyl (C=O) groups excluding carboxylic acids is 1. The summed E-state index contributed by atoms with van der Waals surface area (Å²) in [6.45, 7) is 4.14. The minimum Gasteiger partial charge on any atom is -0.454 e. The van der Waals surface area contributed by atoms with E-state index >= 15 is 0 Å². The van der Waals surface area contributed by atoms with Gasteiger partial charge in [-0.15, -0.1) is 0 Å². The molecule has 0 unspecified atom stereocenters. The van der Waals surface area contributed by atoms with E-state index in [0.717, 1.165) is 22.4 Å². The molecule has 0 radical (unpaired) electrons. The third-order valence-electron chi connectivity index (χ3n) is 4.12. The Labute approximate surface area is 144 Å². The van der Waals surface area contributed by atoms with E-state index in [4.69, 9.17) is 9.47 Å². The standard InChI is InChI=1S/C19H17N3O3/c1-11-4-3-5-13(8-11)17-12(2)21-22-18(17)20-19(23)14-6-7-15-16(9-14)25-10-24-15/h3-9H,10H2,1-2H3,(H2,20,21,22,23). The number of nitrogens with zero attached hydrogens (tertiary/aromatic N) is 1. The van der Waals surface area contributed by atoms with Crippen LogP contribution in [0.4, 0.5) is 5.82 Å². The number of benzene rings is 2. The Bertz CT molecular complexity index is 962. The second kappa shape index (κ2) is 5.98. The summed E-state index contributed by atoms with van der Waals surface area (Å²) >= 11 is 0. The smallest absolute Gasteiger partial charge is 0.257 e. The summed E-state index contributed by atoms with van der Waals surface area (Å²) in [4.78, 5) is 12.6. The molecule has 2 aromatic carbocycles. The first-order valence-corrected chi connectivity index (χ1v) is 7.95. The van der Waals surface area contributed by atoms with Gasteiger partial charge in [0, 0.05) is 16.8 Å². The molecule has 4 rings (SSSR count). The largest absolute Gasteiger partial charge is 0.454 e. The van der Waals surface area contributed by atoms with Gasteiger partial charge in [-0.1, -0.05) is 29.8 Å². The molecule has 1 amide bonds. The first-order valence-electron chi connectivity index (χ1n) is 7.95. The molecule has 1 aliphatic rings. The number of rotatable bonds is 3. The van der Waals surface area contributed by atoms with Crippen LogP contribution in [0.25, 0.3) is 11.1 Å². The average Bonchev–Trinajstić information content (AvgIpc) is 3.20. The highest BCUT2D eigenvalue weighted by Crippen LogP contribution is 2.33. The number of H-pyrrole nitrogens is 1. The number of anilines is 1. The molecule has 0 saturated heterocycles. The second-order valence-electron chi connectivity index (χ2n) is 5.96. The van der Waals surface area contributed by atoms with E-state index in [1.807, 2.05) is 32.0 Å². The van der Waals surface area contributed by atoms with Crippen molar-refractivity contribution < 1.29 is 14.3 Å². The van der Waals surface area contributed by atoms with Crippen LogP contribution in [0.5, 0.6) is 11.5 Å². The van der Waals surface area contributed by atoms with E-state index < -0.39 is 0 Å². The van der Waals surface area contributed by atoms with E-state index in [1.54, 1.807) is 18.2 Å². The predicted molar refractivity (Wildman–Crippen MR) is 94.0 cm³/mol. The molecule has 3 aromatic rings. The number of nitrogens with one attached hydrogen (secondary N) is 2. The third kappa shape index (κ3) is 2.82. The van der Waals surface area contributed by atoms with Crippen molar-refractivity contribution in [3.8, 4) is 22.6 Å². The van der Waals surface area contributed by atoms with Crippen LogP contribution in [0, 0.1) is 13.8 Å². The highest BCUT2D eigenvalue weighted by Gasteiger charge is 2.19. The first-order chi connectivity index (χ1) is 12.1. The lowest BCUT2D eigenvalue weighted by Crippen LogP contribution is -2.12. The van der Waals surface area contributed by atoms with Crippen molar-refractivity contribution in [2.24, 2.45) is 0 Å². The molecule has 0 aliphatic carbocycles. The Balaban J connectivity index is 1.64. The van der Waals surface area contributed by atoms with Crippen molar-refractivity contribution in [2.75, 3.05) is 12.1 Å². The molecule has 6 heteroatoms. The minimum absolute atomic E-state index is 0.177. The Kier molecular flexibility index (Phi) is 3.65. The number of hydrogen-bond acceptors (Lipinski definition) is 4. The highest BCUT2D eigenvalue weighted by atomic mass is 16.7. The van der Waals surface area contributed by atoms with E-state index in [0.29, 0.717) is 22.9 Å². The number of hydrogen-bond donors (Lipinski definition) is 2. The van der Waals surface area contributed by atoms with Crippen molar-refractivity contribution in [3.05, 3.63) is 59.3 Å². The van der Waals surface area contributed by atoms with Gasteiger partial charge < -0.3 is 14.8 Å². The normalized spacial score (nSPS) is 12.2. The third-order valence-corrected chi connectivity index (χ3v) is 4.12. The van der Waals surface area contributed by atoms with E-state index in [2.05, 4.69) is 21.6 Å². The lowest BCUT2D eigenvalue weighted by atomic mass is 10.0. The minimum atomic E-state index is -0.251. The zero-order valence-electron chi connectivity index (χ0n) is 13.9. The molecule has 126 valence electrons. The quantitative estimate of drug-likeness (QED) is 0.765. The van der Waals surface area contributed by atoms with Gasteiger partial charge in [-0.05, 0) is 37.6 Å². The van der Waals surface area contributed by atoms with Crippen molar-refractivity contribution in [1.82, 2.24) is 10.2 Å². The number of fused-ring (bicyclic) bond motifs is 1. The summed E-state index contributed by atoms with van der Waals surface area (Å²) < 4.78 is 10.6. The van der Waals surface area contributed by atoms with Crippen LogP contribution in [0.3, 0.4) is 0 Å². The fourth-order valence-corrected chi connectivity index (χ4v) is 2.89. The van der Waals surface area contributed by atoms with E-state index in [9.17, 15) is 4.79 Å². The van der Waals surface area contributed by atoms with Gasteiger partial charge in [0.2, 0.25) is 6.79 Å². The zero-order chi connectivity index (χ0) is 17.4. The molecule has 1 aliphatic heterocycles. The summed E-state index contributed by atoms with van der Waals surface area (Å²) in [6.07, 6.45) is 0. The topological polar surface area (TPSA) is 76.2 Å². The molecule has 25 heavy (non-hydrogen) atoms. The van der Waals surface area contributed by atoms with Crippen LogP contribution in [-0.4, -0.2) is 22.9 Å². The maximum atomic E-state index is 12.6.